The molecule has 0 radical (unpaired) electrons. The third-order valence-corrected chi connectivity index (χ3v) is 5.64. The summed E-state index contributed by atoms with van der Waals surface area (Å²) < 4.78 is 0. The molecular weight excluding hydrogens is 445 g/mol. The molecule has 1 unspecified atom stereocenters. The summed E-state index contributed by atoms with van der Waals surface area (Å²) in [5, 5.41) is 7.92. The van der Waals surface area contributed by atoms with Gasteiger partial charge < -0.3 is 15.5 Å². The lowest BCUT2D eigenvalue weighted by Gasteiger charge is -2.33. The number of likely N-dealkylation sites (tertiary alicyclic amines) is 1. The summed E-state index contributed by atoms with van der Waals surface area (Å²) in [6.07, 6.45) is 5.26. The van der Waals surface area contributed by atoms with Gasteiger partial charge in [0.1, 0.15) is 0 Å². The number of piperidine rings is 1. The zero-order valence-electron chi connectivity index (χ0n) is 16.1. The first-order valence-electron chi connectivity index (χ1n) is 9.29. The number of hydrogen-bond donors (Lipinski definition) is 2. The van der Waals surface area contributed by atoms with Crippen LogP contribution in [0, 0.1) is 13.8 Å². The average molecular weight is 479 g/mol. The molecule has 0 aliphatic carbocycles. The van der Waals surface area contributed by atoms with E-state index in [-0.39, 0.29) is 24.0 Å². The standard InChI is InChI=1S/C18H33N5S.HI/c1-5-19-18(21-13-17-15(3)22-16(4)24-17)20-10-8-12-23-11-7-6-9-14(23)2;/h14H,5-13H2,1-4H3,(H2,19,20,21);1H. The number of aliphatic imine (C=N–C) groups is 1. The first-order valence-corrected chi connectivity index (χ1v) is 10.1. The Morgan fingerprint density at radius 2 is 2.12 bits per heavy atom. The van der Waals surface area contributed by atoms with Crippen molar-refractivity contribution >= 4 is 41.3 Å². The number of halogens is 1. The number of nitrogens with zero attached hydrogens (tertiary/aromatic N) is 3. The zero-order valence-corrected chi connectivity index (χ0v) is 19.2. The van der Waals surface area contributed by atoms with Gasteiger partial charge >= 0.3 is 0 Å². The highest BCUT2D eigenvalue weighted by Crippen LogP contribution is 2.18. The molecule has 2 heterocycles. The van der Waals surface area contributed by atoms with E-state index in [1.54, 1.807) is 11.3 Å². The lowest BCUT2D eigenvalue weighted by molar-refractivity contribution is 0.159. The molecule has 7 heteroatoms. The highest BCUT2D eigenvalue weighted by atomic mass is 127. The van der Waals surface area contributed by atoms with Gasteiger partial charge in [-0.05, 0) is 53.5 Å². The monoisotopic (exact) mass is 479 g/mol. The molecule has 2 rings (SSSR count). The Morgan fingerprint density at radius 3 is 2.76 bits per heavy atom. The molecule has 25 heavy (non-hydrogen) atoms. The molecule has 0 bridgehead atoms. The maximum Gasteiger partial charge on any atom is 0.191 e. The van der Waals surface area contributed by atoms with Gasteiger partial charge in [0, 0.05) is 30.6 Å². The molecule has 0 amide bonds. The molecule has 0 saturated carbocycles. The lowest BCUT2D eigenvalue weighted by Crippen LogP contribution is -2.41. The Bertz CT molecular complexity index is 532. The minimum absolute atomic E-state index is 0. The third kappa shape index (κ3) is 7.78. The molecule has 1 aliphatic rings. The number of aromatic nitrogens is 1. The number of rotatable bonds is 7. The van der Waals surface area contributed by atoms with E-state index in [4.69, 9.17) is 4.99 Å². The number of nitrogens with one attached hydrogen (secondary N) is 2. The summed E-state index contributed by atoms with van der Waals surface area (Å²) in [5.41, 5.74) is 1.11. The maximum absolute atomic E-state index is 4.71. The van der Waals surface area contributed by atoms with Gasteiger partial charge in [0.2, 0.25) is 0 Å². The zero-order chi connectivity index (χ0) is 17.4. The molecule has 5 nitrogen and oxygen atoms in total. The molecule has 1 saturated heterocycles. The van der Waals surface area contributed by atoms with E-state index in [1.165, 1.54) is 37.2 Å². The van der Waals surface area contributed by atoms with Crippen molar-refractivity contribution in [1.82, 2.24) is 20.5 Å². The smallest absolute Gasteiger partial charge is 0.191 e. The van der Waals surface area contributed by atoms with Crippen LogP contribution in [-0.2, 0) is 6.54 Å². The van der Waals surface area contributed by atoms with E-state index in [1.807, 2.05) is 0 Å². The number of hydrogen-bond acceptors (Lipinski definition) is 4. The van der Waals surface area contributed by atoms with Gasteiger partial charge in [0.15, 0.2) is 5.96 Å². The molecule has 1 aliphatic heterocycles. The van der Waals surface area contributed by atoms with E-state index >= 15 is 0 Å². The third-order valence-electron chi connectivity index (χ3n) is 4.58. The summed E-state index contributed by atoms with van der Waals surface area (Å²) in [7, 11) is 0. The van der Waals surface area contributed by atoms with E-state index in [2.05, 4.69) is 48.2 Å². The maximum atomic E-state index is 4.71. The Hall–Kier alpha value is -0.410. The summed E-state index contributed by atoms with van der Waals surface area (Å²) in [6, 6.07) is 0.748. The van der Waals surface area contributed by atoms with E-state index in [0.29, 0.717) is 6.54 Å². The summed E-state index contributed by atoms with van der Waals surface area (Å²) in [5.74, 6) is 0.912. The van der Waals surface area contributed by atoms with Crippen molar-refractivity contribution in [2.75, 3.05) is 26.2 Å². The number of thiazole rings is 1. The van der Waals surface area contributed by atoms with Crippen LogP contribution in [0.5, 0.6) is 0 Å². The molecule has 0 aromatic carbocycles. The predicted molar refractivity (Wildman–Crippen MR) is 119 cm³/mol. The van der Waals surface area contributed by atoms with Crippen LogP contribution in [0.25, 0.3) is 0 Å². The second-order valence-corrected chi connectivity index (χ2v) is 7.89. The molecule has 1 fully saturated rings. The Morgan fingerprint density at radius 1 is 1.32 bits per heavy atom. The first-order chi connectivity index (χ1) is 11.6. The predicted octanol–water partition coefficient (Wildman–Crippen LogP) is 3.70. The Kier molecular flexibility index (Phi) is 10.9. The van der Waals surface area contributed by atoms with E-state index < -0.39 is 0 Å². The average Bonchev–Trinajstić information content (AvgIpc) is 2.88. The normalized spacial score (nSPS) is 18.7. The van der Waals surface area contributed by atoms with Crippen LogP contribution in [0.4, 0.5) is 0 Å². The first kappa shape index (κ1) is 22.6. The summed E-state index contributed by atoms with van der Waals surface area (Å²) in [4.78, 5) is 13.1. The quantitative estimate of drug-likeness (QED) is 0.271. The fraction of sp³-hybridized carbons (Fsp3) is 0.778. The number of aryl methyl sites for hydroxylation is 2. The van der Waals surface area contributed by atoms with Crippen molar-refractivity contribution in [3.8, 4) is 0 Å². The van der Waals surface area contributed by atoms with Gasteiger partial charge in [-0.1, -0.05) is 6.42 Å². The van der Waals surface area contributed by atoms with Crippen LogP contribution in [0.1, 0.15) is 55.1 Å². The number of guanidine groups is 1. The van der Waals surface area contributed by atoms with Crippen molar-refractivity contribution in [3.05, 3.63) is 15.6 Å². The van der Waals surface area contributed by atoms with Crippen molar-refractivity contribution < 1.29 is 0 Å². The molecule has 144 valence electrons. The summed E-state index contributed by atoms with van der Waals surface area (Å²) in [6.45, 7) is 13.6. The van der Waals surface area contributed by atoms with E-state index in [0.717, 1.165) is 42.2 Å². The van der Waals surface area contributed by atoms with Gasteiger partial charge in [-0.25, -0.2) is 9.98 Å². The van der Waals surface area contributed by atoms with Crippen LogP contribution in [0.2, 0.25) is 0 Å². The molecule has 1 aromatic heterocycles. The van der Waals surface area contributed by atoms with Gasteiger partial charge in [0.05, 0.1) is 17.2 Å². The Balaban J connectivity index is 0.00000312. The molecule has 2 N–H and O–H groups in total. The highest BCUT2D eigenvalue weighted by molar-refractivity contribution is 14.0. The molecule has 1 aromatic rings. The van der Waals surface area contributed by atoms with Crippen LogP contribution < -0.4 is 10.6 Å². The van der Waals surface area contributed by atoms with Crippen LogP contribution in [-0.4, -0.2) is 48.1 Å². The van der Waals surface area contributed by atoms with Gasteiger partial charge in [-0.2, -0.15) is 0 Å². The van der Waals surface area contributed by atoms with E-state index in [9.17, 15) is 0 Å². The Labute approximate surface area is 174 Å². The van der Waals surface area contributed by atoms with Crippen molar-refractivity contribution in [1.29, 1.82) is 0 Å². The largest absolute Gasteiger partial charge is 0.357 e. The SMILES string of the molecule is CCNC(=NCc1sc(C)nc1C)NCCCN1CCCCC1C.I. The topological polar surface area (TPSA) is 52.6 Å². The molecule has 0 spiro atoms. The van der Waals surface area contributed by atoms with Gasteiger partial charge in [0.25, 0.3) is 0 Å². The summed E-state index contributed by atoms with van der Waals surface area (Å²) >= 11 is 1.74. The van der Waals surface area contributed by atoms with Crippen LogP contribution in [0.15, 0.2) is 4.99 Å². The second-order valence-electron chi connectivity index (χ2n) is 6.60. The second kappa shape index (κ2) is 12.1. The lowest BCUT2D eigenvalue weighted by atomic mass is 10.0. The minimum Gasteiger partial charge on any atom is -0.357 e. The van der Waals surface area contributed by atoms with Crippen LogP contribution >= 0.6 is 35.3 Å². The van der Waals surface area contributed by atoms with Gasteiger partial charge in [-0.15, -0.1) is 35.3 Å². The van der Waals surface area contributed by atoms with Crippen molar-refractivity contribution in [2.45, 2.75) is 66.0 Å². The van der Waals surface area contributed by atoms with Crippen molar-refractivity contribution in [3.63, 3.8) is 0 Å². The minimum atomic E-state index is 0. The van der Waals surface area contributed by atoms with Crippen molar-refractivity contribution in [2.24, 2.45) is 4.99 Å². The van der Waals surface area contributed by atoms with Gasteiger partial charge in [-0.3, -0.25) is 0 Å². The van der Waals surface area contributed by atoms with Crippen LogP contribution in [0.3, 0.4) is 0 Å². The fourth-order valence-electron chi connectivity index (χ4n) is 3.19. The highest BCUT2D eigenvalue weighted by Gasteiger charge is 2.17. The fourth-order valence-corrected chi connectivity index (χ4v) is 4.05. The molecular formula is C18H34IN5S. The molecule has 1 atom stereocenters.